The zero-order chi connectivity index (χ0) is 21.0. The Hall–Kier alpha value is -0.570. The van der Waals surface area contributed by atoms with E-state index in [0.717, 1.165) is 42.9 Å². The summed E-state index contributed by atoms with van der Waals surface area (Å²) in [6, 6.07) is 0. The molecule has 0 aromatic carbocycles. The standard InChI is InChI=1S/C26H44O3/c1-17(6-11-23(27)29-5)20-9-10-21-19-8-7-18-16-24(2,28)14-15-25(18,3)22(19)12-13-26(20,21)4/h17-22,28H,6-16H2,1-5H3/t17-,18-,19?,20-,21?,22?,24+,25+,26-/m1/s1. The molecule has 0 bridgehead atoms. The monoisotopic (exact) mass is 404 g/mol. The molecule has 0 saturated heterocycles. The number of hydrogen-bond donors (Lipinski definition) is 1. The second-order valence-corrected chi connectivity index (χ2v) is 12.2. The van der Waals surface area contributed by atoms with E-state index in [9.17, 15) is 9.90 Å². The predicted molar refractivity (Wildman–Crippen MR) is 116 cm³/mol. The summed E-state index contributed by atoms with van der Waals surface area (Å²) in [6.07, 6.45) is 13.0. The second-order valence-electron chi connectivity index (χ2n) is 12.2. The van der Waals surface area contributed by atoms with Crippen LogP contribution in [0.25, 0.3) is 0 Å². The number of rotatable bonds is 4. The lowest BCUT2D eigenvalue weighted by Gasteiger charge is -2.62. The molecule has 29 heavy (non-hydrogen) atoms. The maximum atomic E-state index is 11.7. The van der Waals surface area contributed by atoms with Crippen molar-refractivity contribution < 1.29 is 14.6 Å². The zero-order valence-corrected chi connectivity index (χ0v) is 19.5. The van der Waals surface area contributed by atoms with Gasteiger partial charge in [-0.3, -0.25) is 4.79 Å². The van der Waals surface area contributed by atoms with Gasteiger partial charge in [-0.2, -0.15) is 0 Å². The molecule has 0 aliphatic heterocycles. The summed E-state index contributed by atoms with van der Waals surface area (Å²) in [5.74, 6) is 4.64. The Morgan fingerprint density at radius 1 is 1.00 bits per heavy atom. The number of ether oxygens (including phenoxy) is 1. The molecule has 0 heterocycles. The first kappa shape index (κ1) is 21.7. The maximum absolute atomic E-state index is 11.7. The molecule has 3 heteroatoms. The number of methoxy groups -OCH3 is 1. The Bertz CT molecular complexity index is 627. The highest BCUT2D eigenvalue weighted by Crippen LogP contribution is 2.68. The van der Waals surface area contributed by atoms with Crippen LogP contribution in [0.15, 0.2) is 0 Å². The molecule has 0 aromatic rings. The molecule has 1 N–H and O–H groups in total. The molecule has 9 atom stereocenters. The van der Waals surface area contributed by atoms with Crippen molar-refractivity contribution in [3.63, 3.8) is 0 Å². The molecule has 0 spiro atoms. The van der Waals surface area contributed by atoms with Gasteiger partial charge < -0.3 is 9.84 Å². The molecule has 4 aliphatic carbocycles. The minimum Gasteiger partial charge on any atom is -0.469 e. The van der Waals surface area contributed by atoms with Crippen molar-refractivity contribution in [3.8, 4) is 0 Å². The van der Waals surface area contributed by atoms with E-state index < -0.39 is 5.60 Å². The minimum absolute atomic E-state index is 0.0558. The molecule has 4 saturated carbocycles. The molecule has 3 nitrogen and oxygen atoms in total. The fourth-order valence-corrected chi connectivity index (χ4v) is 9.06. The van der Waals surface area contributed by atoms with E-state index in [1.807, 2.05) is 0 Å². The average Bonchev–Trinajstić information content (AvgIpc) is 3.03. The van der Waals surface area contributed by atoms with Gasteiger partial charge in [0.05, 0.1) is 12.7 Å². The Kier molecular flexibility index (Phi) is 5.63. The summed E-state index contributed by atoms with van der Waals surface area (Å²) in [4.78, 5) is 11.7. The van der Waals surface area contributed by atoms with Gasteiger partial charge in [0.2, 0.25) is 0 Å². The van der Waals surface area contributed by atoms with Gasteiger partial charge in [0.1, 0.15) is 0 Å². The number of aliphatic hydroxyl groups is 1. The van der Waals surface area contributed by atoms with Gasteiger partial charge in [-0.1, -0.05) is 20.8 Å². The number of carbonyl (C=O) groups is 1. The van der Waals surface area contributed by atoms with Crippen molar-refractivity contribution in [2.24, 2.45) is 46.3 Å². The van der Waals surface area contributed by atoms with E-state index in [-0.39, 0.29) is 5.97 Å². The number of esters is 1. The van der Waals surface area contributed by atoms with Gasteiger partial charge in [-0.25, -0.2) is 0 Å². The smallest absolute Gasteiger partial charge is 0.305 e. The molecule has 3 unspecified atom stereocenters. The fourth-order valence-electron chi connectivity index (χ4n) is 9.06. The lowest BCUT2D eigenvalue weighted by molar-refractivity contribution is -0.148. The van der Waals surface area contributed by atoms with Crippen LogP contribution in [0.2, 0.25) is 0 Å². The van der Waals surface area contributed by atoms with E-state index >= 15 is 0 Å². The largest absolute Gasteiger partial charge is 0.469 e. The van der Waals surface area contributed by atoms with Crippen molar-refractivity contribution in [3.05, 3.63) is 0 Å². The third kappa shape index (κ3) is 3.58. The van der Waals surface area contributed by atoms with Crippen LogP contribution in [0.4, 0.5) is 0 Å². The number of fused-ring (bicyclic) bond motifs is 5. The fraction of sp³-hybridized carbons (Fsp3) is 0.962. The maximum Gasteiger partial charge on any atom is 0.305 e. The summed E-state index contributed by atoms with van der Waals surface area (Å²) in [7, 11) is 1.50. The quantitative estimate of drug-likeness (QED) is 0.586. The first-order valence-electron chi connectivity index (χ1n) is 12.4. The number of hydrogen-bond acceptors (Lipinski definition) is 3. The Morgan fingerprint density at radius 3 is 2.45 bits per heavy atom. The summed E-state index contributed by atoms with van der Waals surface area (Å²) < 4.78 is 4.88. The summed E-state index contributed by atoms with van der Waals surface area (Å²) in [6.45, 7) is 9.63. The minimum atomic E-state index is -0.437. The molecule has 4 fully saturated rings. The van der Waals surface area contributed by atoms with E-state index in [1.165, 1.54) is 52.1 Å². The van der Waals surface area contributed by atoms with Crippen LogP contribution in [0.1, 0.15) is 98.3 Å². The molecule has 0 amide bonds. The lowest BCUT2D eigenvalue weighted by Crippen LogP contribution is -2.55. The molecule has 0 aromatic heterocycles. The topological polar surface area (TPSA) is 46.5 Å². The normalized spacial score (nSPS) is 50.2. The van der Waals surface area contributed by atoms with E-state index in [0.29, 0.717) is 29.1 Å². The second kappa shape index (κ2) is 7.53. The van der Waals surface area contributed by atoms with Gasteiger partial charge in [-0.05, 0) is 117 Å². The Balaban J connectivity index is 1.49. The molecule has 4 aliphatic rings. The first-order chi connectivity index (χ1) is 13.6. The van der Waals surface area contributed by atoms with Crippen molar-refractivity contribution in [1.82, 2.24) is 0 Å². The summed E-state index contributed by atoms with van der Waals surface area (Å²) >= 11 is 0. The molecular weight excluding hydrogens is 360 g/mol. The summed E-state index contributed by atoms with van der Waals surface area (Å²) in [5, 5.41) is 10.7. The molecule has 0 radical (unpaired) electrons. The van der Waals surface area contributed by atoms with Gasteiger partial charge in [0.15, 0.2) is 0 Å². The van der Waals surface area contributed by atoms with Crippen LogP contribution >= 0.6 is 0 Å². The average molecular weight is 405 g/mol. The van der Waals surface area contributed by atoms with Crippen molar-refractivity contribution in [1.29, 1.82) is 0 Å². The van der Waals surface area contributed by atoms with E-state index in [1.54, 1.807) is 0 Å². The Morgan fingerprint density at radius 2 is 1.72 bits per heavy atom. The molecule has 166 valence electrons. The Labute approximate surface area is 178 Å². The van der Waals surface area contributed by atoms with Crippen molar-refractivity contribution in [2.45, 2.75) is 104 Å². The van der Waals surface area contributed by atoms with Crippen molar-refractivity contribution in [2.75, 3.05) is 7.11 Å². The highest BCUT2D eigenvalue weighted by molar-refractivity contribution is 5.69. The van der Waals surface area contributed by atoms with Crippen LogP contribution in [0.5, 0.6) is 0 Å². The van der Waals surface area contributed by atoms with Gasteiger partial charge >= 0.3 is 5.97 Å². The SMILES string of the molecule is COC(=O)CC[C@@H](C)[C@H]1CCC2C3CC[C@@H]4C[C@@](C)(O)CC[C@]4(C)C3CC[C@@]21C. The van der Waals surface area contributed by atoms with Crippen LogP contribution < -0.4 is 0 Å². The van der Waals surface area contributed by atoms with Gasteiger partial charge in [-0.15, -0.1) is 0 Å². The third-order valence-corrected chi connectivity index (χ3v) is 10.7. The highest BCUT2D eigenvalue weighted by Gasteiger charge is 2.61. The third-order valence-electron chi connectivity index (χ3n) is 10.7. The van der Waals surface area contributed by atoms with E-state index in [2.05, 4.69) is 27.7 Å². The van der Waals surface area contributed by atoms with Crippen molar-refractivity contribution >= 4 is 5.97 Å². The van der Waals surface area contributed by atoms with Crippen LogP contribution in [-0.4, -0.2) is 23.8 Å². The van der Waals surface area contributed by atoms with Gasteiger partial charge in [0.25, 0.3) is 0 Å². The van der Waals surface area contributed by atoms with Gasteiger partial charge in [0, 0.05) is 6.42 Å². The zero-order valence-electron chi connectivity index (χ0n) is 19.5. The van der Waals surface area contributed by atoms with Crippen LogP contribution in [-0.2, 0) is 9.53 Å². The number of carbonyl (C=O) groups excluding carboxylic acids is 1. The first-order valence-corrected chi connectivity index (χ1v) is 12.4. The van der Waals surface area contributed by atoms with Crippen LogP contribution in [0, 0.1) is 46.3 Å². The molecule has 4 rings (SSSR count). The summed E-state index contributed by atoms with van der Waals surface area (Å²) in [5.41, 5.74) is 0.467. The highest BCUT2D eigenvalue weighted by atomic mass is 16.5. The van der Waals surface area contributed by atoms with Crippen LogP contribution in [0.3, 0.4) is 0 Å². The lowest BCUT2D eigenvalue weighted by atomic mass is 9.43. The molecular formula is C26H44O3. The predicted octanol–water partition coefficient (Wildman–Crippen LogP) is 5.99. The van der Waals surface area contributed by atoms with E-state index in [4.69, 9.17) is 4.74 Å².